The fraction of sp³-hybridized carbons (Fsp3) is 0.545. The molecule has 2 rings (SSSR count). The largest absolute Gasteiger partial charge is 0.468 e. The summed E-state index contributed by atoms with van der Waals surface area (Å²) in [5, 5.41) is 5.00. The summed E-state index contributed by atoms with van der Waals surface area (Å²) < 4.78 is 9.75. The summed E-state index contributed by atoms with van der Waals surface area (Å²) >= 11 is 0. The van der Waals surface area contributed by atoms with Crippen LogP contribution in [0, 0.1) is 6.92 Å². The summed E-state index contributed by atoms with van der Waals surface area (Å²) in [5.74, 6) is -1.49. The van der Waals surface area contributed by atoms with Crippen LogP contribution in [0.15, 0.2) is 24.3 Å². The molecule has 170 valence electrons. The van der Waals surface area contributed by atoms with Crippen molar-refractivity contribution < 1.29 is 28.7 Å². The molecule has 1 fully saturated rings. The smallest absolute Gasteiger partial charge is 0.408 e. The van der Waals surface area contributed by atoms with Crippen LogP contribution in [0.4, 0.5) is 4.79 Å². The molecule has 1 atom stereocenters. The van der Waals surface area contributed by atoms with E-state index in [1.807, 2.05) is 19.1 Å². The molecule has 3 amide bonds. The Morgan fingerprint density at radius 3 is 2.19 bits per heavy atom. The third-order valence-electron chi connectivity index (χ3n) is 4.57. The lowest BCUT2D eigenvalue weighted by Gasteiger charge is -2.31. The van der Waals surface area contributed by atoms with Gasteiger partial charge in [-0.25, -0.2) is 4.79 Å². The molecule has 1 aromatic rings. The minimum Gasteiger partial charge on any atom is -0.468 e. The number of nitrogens with one attached hydrogen (secondary N) is 2. The molecule has 0 radical (unpaired) electrons. The first-order valence-electron chi connectivity index (χ1n) is 10.2. The van der Waals surface area contributed by atoms with Gasteiger partial charge in [-0.1, -0.05) is 29.8 Å². The van der Waals surface area contributed by atoms with Gasteiger partial charge in [0.05, 0.1) is 7.11 Å². The predicted molar refractivity (Wildman–Crippen MR) is 113 cm³/mol. The second kappa shape index (κ2) is 10.3. The summed E-state index contributed by atoms with van der Waals surface area (Å²) in [5.41, 5.74) is 0.931. The van der Waals surface area contributed by atoms with Crippen molar-refractivity contribution in [3.63, 3.8) is 0 Å². The van der Waals surface area contributed by atoms with Gasteiger partial charge in [-0.15, -0.1) is 0 Å². The van der Waals surface area contributed by atoms with Crippen molar-refractivity contribution in [3.05, 3.63) is 35.4 Å². The molecule has 0 heterocycles. The highest BCUT2D eigenvalue weighted by Gasteiger charge is 2.41. The number of hydrogen-bond acceptors (Lipinski definition) is 6. The molecule has 1 aliphatic rings. The Hall–Kier alpha value is -3.10. The normalized spacial score (nSPS) is 14.2. The lowest BCUT2D eigenvalue weighted by atomic mass is 10.0. The van der Waals surface area contributed by atoms with Crippen molar-refractivity contribution in [2.24, 2.45) is 0 Å². The van der Waals surface area contributed by atoms with E-state index in [1.165, 1.54) is 12.0 Å². The number of rotatable bonds is 8. The van der Waals surface area contributed by atoms with Crippen molar-refractivity contribution in [3.8, 4) is 0 Å². The topological polar surface area (TPSA) is 114 Å². The number of ether oxygens (including phenoxy) is 2. The highest BCUT2D eigenvalue weighted by molar-refractivity contribution is 5.92. The van der Waals surface area contributed by atoms with Gasteiger partial charge >= 0.3 is 12.1 Å². The molecule has 1 saturated carbocycles. The molecule has 9 nitrogen and oxygen atoms in total. The summed E-state index contributed by atoms with van der Waals surface area (Å²) in [7, 11) is 1.23. The van der Waals surface area contributed by atoms with Crippen LogP contribution in [-0.4, -0.2) is 60.6 Å². The van der Waals surface area contributed by atoms with Crippen LogP contribution in [0.5, 0.6) is 0 Å². The summed E-state index contributed by atoms with van der Waals surface area (Å²) in [6.45, 7) is 6.49. The minimum atomic E-state index is -0.939. The zero-order valence-electron chi connectivity index (χ0n) is 18.7. The van der Waals surface area contributed by atoms with Gasteiger partial charge in [0.1, 0.15) is 24.7 Å². The summed E-state index contributed by atoms with van der Waals surface area (Å²) in [4.78, 5) is 51.0. The Balaban J connectivity index is 2.21. The van der Waals surface area contributed by atoms with Gasteiger partial charge in [-0.2, -0.15) is 0 Å². The average Bonchev–Trinajstić information content (AvgIpc) is 3.52. The molecule has 0 saturated heterocycles. The molecule has 1 unspecified atom stereocenters. The SMILES string of the molecule is COC(=O)CNC(=O)C(c1ccc(C)cc1)N(C(=O)CNC(=O)OC(C)(C)C)C1CC1. The van der Waals surface area contributed by atoms with Crippen molar-refractivity contribution in [2.75, 3.05) is 20.2 Å². The number of nitrogens with zero attached hydrogens (tertiary/aromatic N) is 1. The number of alkyl carbamates (subject to hydrolysis) is 1. The molecule has 2 N–H and O–H groups in total. The third-order valence-corrected chi connectivity index (χ3v) is 4.57. The van der Waals surface area contributed by atoms with Crippen molar-refractivity contribution in [2.45, 2.75) is 58.2 Å². The first kappa shape index (κ1) is 24.2. The molecule has 31 heavy (non-hydrogen) atoms. The zero-order chi connectivity index (χ0) is 23.2. The first-order chi connectivity index (χ1) is 14.5. The maximum atomic E-state index is 13.1. The molecule has 0 aliphatic heterocycles. The van der Waals surface area contributed by atoms with E-state index < -0.39 is 35.5 Å². The quantitative estimate of drug-likeness (QED) is 0.605. The zero-order valence-corrected chi connectivity index (χ0v) is 18.7. The molecule has 0 bridgehead atoms. The highest BCUT2D eigenvalue weighted by Crippen LogP contribution is 2.35. The van der Waals surface area contributed by atoms with Gasteiger partial charge < -0.3 is 25.0 Å². The van der Waals surface area contributed by atoms with Gasteiger partial charge in [0.15, 0.2) is 0 Å². The minimum absolute atomic E-state index is 0.122. The molecular weight excluding hydrogens is 402 g/mol. The van der Waals surface area contributed by atoms with Crippen LogP contribution < -0.4 is 10.6 Å². The summed E-state index contributed by atoms with van der Waals surface area (Å²) in [6, 6.07) is 6.20. The van der Waals surface area contributed by atoms with Crippen LogP contribution in [0.1, 0.15) is 50.8 Å². The fourth-order valence-electron chi connectivity index (χ4n) is 2.98. The average molecular weight is 434 g/mol. The van der Waals surface area contributed by atoms with Crippen LogP contribution in [-0.2, 0) is 23.9 Å². The predicted octanol–water partition coefficient (Wildman–Crippen LogP) is 1.84. The molecule has 0 aromatic heterocycles. The van der Waals surface area contributed by atoms with E-state index in [4.69, 9.17) is 4.74 Å². The van der Waals surface area contributed by atoms with E-state index in [2.05, 4.69) is 15.4 Å². The van der Waals surface area contributed by atoms with Crippen molar-refractivity contribution in [1.82, 2.24) is 15.5 Å². The van der Waals surface area contributed by atoms with E-state index in [1.54, 1.807) is 32.9 Å². The number of esters is 1. The third kappa shape index (κ3) is 7.58. The van der Waals surface area contributed by atoms with Crippen LogP contribution in [0.3, 0.4) is 0 Å². The number of carbonyl (C=O) groups excluding carboxylic acids is 4. The Morgan fingerprint density at radius 1 is 1.06 bits per heavy atom. The molecule has 9 heteroatoms. The maximum Gasteiger partial charge on any atom is 0.408 e. The van der Waals surface area contributed by atoms with Gasteiger partial charge in [0, 0.05) is 6.04 Å². The number of methoxy groups -OCH3 is 1. The van der Waals surface area contributed by atoms with E-state index >= 15 is 0 Å². The standard InChI is InChI=1S/C22H31N3O6/c1-14-6-8-15(9-7-14)19(20(28)23-13-18(27)30-5)25(16-10-11-16)17(26)12-24-21(29)31-22(2,3)4/h6-9,16,19H,10-13H2,1-5H3,(H,23,28)(H,24,29). The number of carbonyl (C=O) groups is 4. The van der Waals surface area contributed by atoms with E-state index in [0.717, 1.165) is 18.4 Å². The Bertz CT molecular complexity index is 812. The molecular formula is C22H31N3O6. The monoisotopic (exact) mass is 433 g/mol. The maximum absolute atomic E-state index is 13.1. The fourth-order valence-corrected chi connectivity index (χ4v) is 2.98. The Morgan fingerprint density at radius 2 is 1.68 bits per heavy atom. The molecule has 1 aromatic carbocycles. The number of hydrogen-bond donors (Lipinski definition) is 2. The lowest BCUT2D eigenvalue weighted by molar-refractivity contribution is -0.144. The summed E-state index contributed by atoms with van der Waals surface area (Å²) in [6.07, 6.45) is 0.800. The van der Waals surface area contributed by atoms with Crippen LogP contribution >= 0.6 is 0 Å². The van der Waals surface area contributed by atoms with Gasteiger partial charge in [-0.3, -0.25) is 14.4 Å². The lowest BCUT2D eigenvalue weighted by Crippen LogP contribution is -2.49. The second-order valence-electron chi connectivity index (χ2n) is 8.49. The molecule has 0 spiro atoms. The van der Waals surface area contributed by atoms with Crippen LogP contribution in [0.25, 0.3) is 0 Å². The Labute approximate surface area is 182 Å². The van der Waals surface area contributed by atoms with Gasteiger partial charge in [0.2, 0.25) is 11.8 Å². The second-order valence-corrected chi connectivity index (χ2v) is 8.49. The van der Waals surface area contributed by atoms with E-state index in [-0.39, 0.29) is 19.1 Å². The van der Waals surface area contributed by atoms with Crippen LogP contribution in [0.2, 0.25) is 0 Å². The number of aryl methyl sites for hydroxylation is 1. The highest BCUT2D eigenvalue weighted by atomic mass is 16.6. The van der Waals surface area contributed by atoms with E-state index in [0.29, 0.717) is 5.56 Å². The molecule has 1 aliphatic carbocycles. The first-order valence-corrected chi connectivity index (χ1v) is 10.2. The number of amides is 3. The van der Waals surface area contributed by atoms with Gasteiger partial charge in [0.25, 0.3) is 0 Å². The van der Waals surface area contributed by atoms with Crippen molar-refractivity contribution in [1.29, 1.82) is 0 Å². The number of benzene rings is 1. The Kier molecular flexibility index (Phi) is 8.01. The van der Waals surface area contributed by atoms with Gasteiger partial charge in [-0.05, 0) is 46.1 Å². The van der Waals surface area contributed by atoms with Crippen molar-refractivity contribution >= 4 is 23.9 Å². The van der Waals surface area contributed by atoms with E-state index in [9.17, 15) is 19.2 Å².